The number of ether oxygens (including phenoxy) is 1. The number of hydrogen-bond donors (Lipinski definition) is 0. The molecule has 0 saturated carbocycles. The van der Waals surface area contributed by atoms with Crippen LogP contribution < -0.4 is 9.64 Å². The van der Waals surface area contributed by atoms with Crippen molar-refractivity contribution in [3.63, 3.8) is 0 Å². The van der Waals surface area contributed by atoms with Gasteiger partial charge in [0, 0.05) is 31.9 Å². The van der Waals surface area contributed by atoms with Crippen LogP contribution in [0.1, 0.15) is 23.1 Å². The number of benzene rings is 2. The standard InChI is InChI=1S/C22H28N2O2/c1-17-15-18(2)22(19(3)16-17)24-12-10-23(11-13-24)21(25)9-14-26-20-7-5-4-6-8-20/h4-8,15-16H,9-14H2,1-3H3. The van der Waals surface area contributed by atoms with Gasteiger partial charge in [0.15, 0.2) is 0 Å². The van der Waals surface area contributed by atoms with Gasteiger partial charge in [0.05, 0.1) is 13.0 Å². The van der Waals surface area contributed by atoms with Gasteiger partial charge >= 0.3 is 0 Å². The lowest BCUT2D eigenvalue weighted by molar-refractivity contribution is -0.132. The van der Waals surface area contributed by atoms with Gasteiger partial charge in [0.1, 0.15) is 5.75 Å². The Kier molecular flexibility index (Phi) is 5.82. The molecule has 26 heavy (non-hydrogen) atoms. The molecule has 0 bridgehead atoms. The first kappa shape index (κ1) is 18.3. The number of anilines is 1. The molecule has 1 amide bonds. The molecule has 4 nitrogen and oxygen atoms in total. The van der Waals surface area contributed by atoms with Crippen LogP contribution in [0.25, 0.3) is 0 Å². The highest BCUT2D eigenvalue weighted by molar-refractivity contribution is 5.76. The molecule has 0 radical (unpaired) electrons. The molecule has 0 N–H and O–H groups in total. The Labute approximate surface area is 156 Å². The maximum Gasteiger partial charge on any atom is 0.226 e. The normalized spacial score (nSPS) is 14.4. The summed E-state index contributed by atoms with van der Waals surface area (Å²) in [5.74, 6) is 0.994. The number of para-hydroxylation sites is 1. The summed E-state index contributed by atoms with van der Waals surface area (Å²) in [7, 11) is 0. The van der Waals surface area contributed by atoms with Crippen LogP contribution in [0.3, 0.4) is 0 Å². The van der Waals surface area contributed by atoms with Crippen LogP contribution in [-0.4, -0.2) is 43.6 Å². The van der Waals surface area contributed by atoms with Crippen molar-refractivity contribution in [2.45, 2.75) is 27.2 Å². The summed E-state index contributed by atoms with van der Waals surface area (Å²) in [5, 5.41) is 0. The zero-order valence-corrected chi connectivity index (χ0v) is 16.0. The number of aryl methyl sites for hydroxylation is 3. The Balaban J connectivity index is 1.50. The van der Waals surface area contributed by atoms with E-state index >= 15 is 0 Å². The lowest BCUT2D eigenvalue weighted by Gasteiger charge is -2.37. The molecule has 3 rings (SSSR count). The third-order valence-electron chi connectivity index (χ3n) is 4.91. The number of rotatable bonds is 5. The zero-order valence-electron chi connectivity index (χ0n) is 16.0. The number of amides is 1. The van der Waals surface area contributed by atoms with E-state index in [0.717, 1.165) is 31.9 Å². The number of carbonyl (C=O) groups excluding carboxylic acids is 1. The predicted molar refractivity (Wildman–Crippen MR) is 106 cm³/mol. The third-order valence-corrected chi connectivity index (χ3v) is 4.91. The number of carbonyl (C=O) groups is 1. The minimum atomic E-state index is 0.179. The fraction of sp³-hybridized carbons (Fsp3) is 0.409. The Morgan fingerprint density at radius 1 is 0.962 bits per heavy atom. The topological polar surface area (TPSA) is 32.8 Å². The van der Waals surface area contributed by atoms with Crippen LogP contribution in [0.5, 0.6) is 5.75 Å². The van der Waals surface area contributed by atoms with Crippen LogP contribution in [-0.2, 0) is 4.79 Å². The average molecular weight is 352 g/mol. The minimum absolute atomic E-state index is 0.179. The summed E-state index contributed by atoms with van der Waals surface area (Å²) >= 11 is 0. The smallest absolute Gasteiger partial charge is 0.226 e. The van der Waals surface area contributed by atoms with Crippen molar-refractivity contribution in [1.82, 2.24) is 4.90 Å². The van der Waals surface area contributed by atoms with E-state index in [1.807, 2.05) is 35.2 Å². The van der Waals surface area contributed by atoms with Crippen LogP contribution in [0, 0.1) is 20.8 Å². The fourth-order valence-electron chi connectivity index (χ4n) is 3.78. The van der Waals surface area contributed by atoms with E-state index < -0.39 is 0 Å². The van der Waals surface area contributed by atoms with Crippen molar-refractivity contribution in [1.29, 1.82) is 0 Å². The number of nitrogens with zero attached hydrogens (tertiary/aromatic N) is 2. The van der Waals surface area contributed by atoms with E-state index in [-0.39, 0.29) is 5.91 Å². The van der Waals surface area contributed by atoms with E-state index in [9.17, 15) is 4.79 Å². The molecule has 1 aliphatic rings. The van der Waals surface area contributed by atoms with Crippen molar-refractivity contribution in [3.8, 4) is 5.75 Å². The van der Waals surface area contributed by atoms with Gasteiger partial charge in [-0.25, -0.2) is 0 Å². The Hall–Kier alpha value is -2.49. The molecule has 0 unspecified atom stereocenters. The minimum Gasteiger partial charge on any atom is -0.493 e. The average Bonchev–Trinajstić information content (AvgIpc) is 2.62. The molecule has 0 aromatic heterocycles. The maximum atomic E-state index is 12.4. The number of hydrogen-bond acceptors (Lipinski definition) is 3. The second-order valence-electron chi connectivity index (χ2n) is 7.03. The number of piperazine rings is 1. The first-order valence-corrected chi connectivity index (χ1v) is 9.33. The summed E-state index contributed by atoms with van der Waals surface area (Å²) in [5.41, 5.74) is 5.27. The second kappa shape index (κ2) is 8.26. The van der Waals surface area contributed by atoms with Gasteiger partial charge in [-0.3, -0.25) is 4.79 Å². The zero-order chi connectivity index (χ0) is 18.5. The van der Waals surface area contributed by atoms with Crippen molar-refractivity contribution >= 4 is 11.6 Å². The molecule has 0 atom stereocenters. The van der Waals surface area contributed by atoms with Gasteiger partial charge in [-0.15, -0.1) is 0 Å². The monoisotopic (exact) mass is 352 g/mol. The Morgan fingerprint density at radius 2 is 1.58 bits per heavy atom. The Morgan fingerprint density at radius 3 is 2.19 bits per heavy atom. The summed E-state index contributed by atoms with van der Waals surface area (Å²) in [4.78, 5) is 16.8. The first-order chi connectivity index (χ1) is 12.5. The molecule has 1 fully saturated rings. The van der Waals surface area contributed by atoms with Crippen molar-refractivity contribution < 1.29 is 9.53 Å². The van der Waals surface area contributed by atoms with E-state index in [2.05, 4.69) is 37.8 Å². The molecule has 2 aromatic carbocycles. The van der Waals surface area contributed by atoms with Crippen molar-refractivity contribution in [2.24, 2.45) is 0 Å². The van der Waals surface area contributed by atoms with Gasteiger partial charge < -0.3 is 14.5 Å². The second-order valence-corrected chi connectivity index (χ2v) is 7.03. The van der Waals surface area contributed by atoms with Crippen LogP contribution in [0.2, 0.25) is 0 Å². The summed E-state index contributed by atoms with van der Waals surface area (Å²) in [6, 6.07) is 14.1. The van der Waals surface area contributed by atoms with Crippen molar-refractivity contribution in [3.05, 3.63) is 59.2 Å². The van der Waals surface area contributed by atoms with E-state index in [0.29, 0.717) is 13.0 Å². The molecular weight excluding hydrogens is 324 g/mol. The first-order valence-electron chi connectivity index (χ1n) is 9.33. The molecule has 1 heterocycles. The van der Waals surface area contributed by atoms with Gasteiger partial charge in [-0.2, -0.15) is 0 Å². The van der Waals surface area contributed by atoms with Gasteiger partial charge in [-0.1, -0.05) is 35.9 Å². The lowest BCUT2D eigenvalue weighted by Crippen LogP contribution is -2.49. The molecule has 0 aliphatic carbocycles. The van der Waals surface area contributed by atoms with Gasteiger partial charge in [-0.05, 0) is 44.0 Å². The van der Waals surface area contributed by atoms with Crippen LogP contribution in [0.4, 0.5) is 5.69 Å². The van der Waals surface area contributed by atoms with E-state index in [1.54, 1.807) is 0 Å². The molecule has 0 spiro atoms. The lowest BCUT2D eigenvalue weighted by atomic mass is 10.0. The van der Waals surface area contributed by atoms with Crippen molar-refractivity contribution in [2.75, 3.05) is 37.7 Å². The summed E-state index contributed by atoms with van der Waals surface area (Å²) in [6.07, 6.45) is 0.428. The van der Waals surface area contributed by atoms with Gasteiger partial charge in [0.2, 0.25) is 5.91 Å². The summed E-state index contributed by atoms with van der Waals surface area (Å²) < 4.78 is 5.64. The quantitative estimate of drug-likeness (QED) is 0.822. The summed E-state index contributed by atoms with van der Waals surface area (Å²) in [6.45, 7) is 10.2. The molecular formula is C22H28N2O2. The van der Waals surface area contributed by atoms with E-state index in [1.165, 1.54) is 22.4 Å². The SMILES string of the molecule is Cc1cc(C)c(N2CCN(C(=O)CCOc3ccccc3)CC2)c(C)c1. The largest absolute Gasteiger partial charge is 0.493 e. The highest BCUT2D eigenvalue weighted by Gasteiger charge is 2.23. The predicted octanol–water partition coefficient (Wildman–Crippen LogP) is 3.73. The maximum absolute atomic E-state index is 12.4. The fourth-order valence-corrected chi connectivity index (χ4v) is 3.78. The molecule has 2 aromatic rings. The highest BCUT2D eigenvalue weighted by atomic mass is 16.5. The van der Waals surface area contributed by atoms with Gasteiger partial charge in [0.25, 0.3) is 0 Å². The third kappa shape index (κ3) is 4.37. The molecule has 4 heteroatoms. The van der Waals surface area contributed by atoms with Crippen LogP contribution >= 0.6 is 0 Å². The Bertz CT molecular complexity index is 727. The molecule has 138 valence electrons. The molecule has 1 aliphatic heterocycles. The highest BCUT2D eigenvalue weighted by Crippen LogP contribution is 2.27. The van der Waals surface area contributed by atoms with Crippen LogP contribution in [0.15, 0.2) is 42.5 Å². The van der Waals surface area contributed by atoms with E-state index in [4.69, 9.17) is 4.74 Å². The molecule has 1 saturated heterocycles.